The van der Waals surface area contributed by atoms with E-state index in [4.69, 9.17) is 46.3 Å². The predicted octanol–water partition coefficient (Wildman–Crippen LogP) is -1.07. The first kappa shape index (κ1) is 32.8. The lowest BCUT2D eigenvalue weighted by Crippen LogP contribution is -2.40. The Labute approximate surface area is 271 Å². The highest BCUT2D eigenvalue weighted by Crippen LogP contribution is 2.56. The Morgan fingerprint density at radius 3 is 2.83 bits per heavy atom. The number of hydrogen-bond donors (Lipinski definition) is 6. The summed E-state index contributed by atoms with van der Waals surface area (Å²) in [5.41, 5.74) is 10.6. The highest BCUT2D eigenvalue weighted by molar-refractivity contribution is 8.07. The minimum Gasteiger partial charge on any atom is -0.389 e. The van der Waals surface area contributed by atoms with Crippen LogP contribution in [-0.2, 0) is 43.9 Å². The molecule has 3 aliphatic rings. The van der Waals surface area contributed by atoms with Gasteiger partial charge in [-0.3, -0.25) is 27.9 Å². The van der Waals surface area contributed by atoms with Crippen molar-refractivity contribution in [2.75, 3.05) is 38.4 Å². The number of nitrogens with one attached hydrogen (secondary N) is 1. The number of ether oxygens (including phenoxy) is 2. The highest BCUT2D eigenvalue weighted by Gasteiger charge is 2.56. The number of fused-ring (bicyclic) bond motifs is 4. The number of phosphoric ester groups is 1. The lowest BCUT2D eigenvalue weighted by Gasteiger charge is -2.32. The van der Waals surface area contributed by atoms with E-state index < -0.39 is 67.5 Å². The number of nitrogen functional groups attached to an aromatic ring is 2. The average molecular weight is 736 g/mol. The van der Waals surface area contributed by atoms with Gasteiger partial charge in [0.2, 0.25) is 5.95 Å². The van der Waals surface area contributed by atoms with Crippen molar-refractivity contribution in [3.63, 3.8) is 0 Å². The Hall–Kier alpha value is -2.70. The third-order valence-corrected chi connectivity index (χ3v) is 11.8. The zero-order valence-corrected chi connectivity index (χ0v) is 27.4. The molecular formula is C21H27N11O11P2S2. The van der Waals surface area contributed by atoms with Gasteiger partial charge in [-0.1, -0.05) is 5.21 Å². The van der Waals surface area contributed by atoms with E-state index in [0.29, 0.717) is 17.6 Å². The van der Waals surface area contributed by atoms with Gasteiger partial charge in [-0.25, -0.2) is 19.5 Å². The maximum Gasteiger partial charge on any atom is 0.471 e. The lowest BCUT2D eigenvalue weighted by molar-refractivity contribution is -0.184. The molecule has 3 saturated heterocycles. The number of aromatic nitrogens is 9. The number of hydrogen-bond acceptors (Lipinski definition) is 19. The molecule has 4 aromatic heterocycles. The van der Waals surface area contributed by atoms with Gasteiger partial charge in [-0.2, -0.15) is 9.67 Å². The molecule has 3 aliphatic heterocycles. The maximum absolute atomic E-state index is 12.4. The van der Waals surface area contributed by atoms with Crippen LogP contribution in [0.5, 0.6) is 0 Å². The summed E-state index contributed by atoms with van der Waals surface area (Å²) in [5.74, 6) is -0.0391. The number of anilines is 2. The number of imidazole rings is 1. The first-order valence-electron chi connectivity index (χ1n) is 13.6. The van der Waals surface area contributed by atoms with E-state index in [9.17, 15) is 24.3 Å². The van der Waals surface area contributed by atoms with Crippen LogP contribution in [-0.4, -0.2) is 115 Å². The molecule has 0 saturated carbocycles. The molecule has 0 aliphatic carbocycles. The fraction of sp³-hybridized carbons (Fsp3) is 0.571. The second-order valence-corrected chi connectivity index (χ2v) is 16.5. The number of rotatable bonds is 11. The van der Waals surface area contributed by atoms with Gasteiger partial charge in [0.15, 0.2) is 34.4 Å². The van der Waals surface area contributed by atoms with Crippen molar-refractivity contribution >= 4 is 72.2 Å². The molecule has 254 valence electrons. The Morgan fingerprint density at radius 1 is 1.23 bits per heavy atom. The minimum absolute atomic E-state index is 0.0501. The molecule has 3 fully saturated rings. The number of H-pyrrole nitrogens is 1. The summed E-state index contributed by atoms with van der Waals surface area (Å²) in [4.78, 5) is 52.1. The quantitative estimate of drug-likeness (QED) is 0.0999. The average Bonchev–Trinajstić information content (AvgIpc) is 3.85. The zero-order valence-electron chi connectivity index (χ0n) is 24.0. The van der Waals surface area contributed by atoms with Crippen LogP contribution < -0.4 is 17.0 Å². The van der Waals surface area contributed by atoms with Crippen molar-refractivity contribution in [2.45, 2.75) is 47.2 Å². The summed E-state index contributed by atoms with van der Waals surface area (Å²) in [6, 6.07) is 0. The van der Waals surface area contributed by atoms with E-state index in [1.807, 2.05) is 0 Å². The molecule has 9 atom stereocenters. The first-order valence-corrected chi connectivity index (χ1v) is 18.7. The maximum atomic E-state index is 12.4. The molecule has 8 N–H and O–H groups in total. The van der Waals surface area contributed by atoms with Crippen molar-refractivity contribution in [3.8, 4) is 0 Å². The van der Waals surface area contributed by atoms with Gasteiger partial charge in [0.05, 0.1) is 37.5 Å². The number of aliphatic hydroxyl groups is 1. The van der Waals surface area contributed by atoms with Crippen LogP contribution in [0.3, 0.4) is 0 Å². The molecule has 2 unspecified atom stereocenters. The van der Waals surface area contributed by atoms with E-state index in [-0.39, 0.29) is 36.1 Å². The molecule has 2 bridgehead atoms. The van der Waals surface area contributed by atoms with Crippen molar-refractivity contribution in [2.24, 2.45) is 0 Å². The lowest BCUT2D eigenvalue weighted by atomic mass is 10.0. The highest BCUT2D eigenvalue weighted by atomic mass is 32.5. The van der Waals surface area contributed by atoms with Crippen LogP contribution in [0.25, 0.3) is 22.3 Å². The number of aliphatic hydroxyl groups excluding tert-OH is 1. The van der Waals surface area contributed by atoms with Crippen molar-refractivity contribution in [1.82, 2.24) is 44.5 Å². The van der Waals surface area contributed by atoms with Crippen LogP contribution >= 0.6 is 26.3 Å². The predicted molar refractivity (Wildman–Crippen MR) is 164 cm³/mol. The minimum atomic E-state index is -4.41. The van der Waals surface area contributed by atoms with E-state index in [1.165, 1.54) is 21.9 Å². The van der Waals surface area contributed by atoms with Crippen LogP contribution in [0.1, 0.15) is 18.0 Å². The Kier molecular flexibility index (Phi) is 8.39. The summed E-state index contributed by atoms with van der Waals surface area (Å²) in [6.45, 7) is -4.77. The molecule has 47 heavy (non-hydrogen) atoms. The molecule has 0 radical (unpaired) electrons. The monoisotopic (exact) mass is 735 g/mol. The molecule has 7 rings (SSSR count). The van der Waals surface area contributed by atoms with Crippen molar-refractivity contribution in [1.29, 1.82) is 0 Å². The first-order chi connectivity index (χ1) is 22.3. The Balaban J connectivity index is 1.10. The van der Waals surface area contributed by atoms with E-state index in [1.54, 1.807) is 0 Å². The van der Waals surface area contributed by atoms with Gasteiger partial charge in [0, 0.05) is 13.5 Å². The van der Waals surface area contributed by atoms with E-state index in [2.05, 4.69) is 39.8 Å². The zero-order chi connectivity index (χ0) is 33.3. The fourth-order valence-electron chi connectivity index (χ4n) is 5.56. The molecule has 0 spiro atoms. The van der Waals surface area contributed by atoms with Gasteiger partial charge < -0.3 is 40.4 Å². The summed E-state index contributed by atoms with van der Waals surface area (Å²) in [6.07, 6.45) is -1.06. The normalized spacial score (nSPS) is 31.5. The Morgan fingerprint density at radius 2 is 2.04 bits per heavy atom. The molecule has 0 aromatic carbocycles. The molecule has 26 heteroatoms. The number of phosphoric acid groups is 1. The van der Waals surface area contributed by atoms with Gasteiger partial charge in [-0.15, -0.1) is 16.9 Å². The van der Waals surface area contributed by atoms with Crippen LogP contribution in [0.2, 0.25) is 0 Å². The van der Waals surface area contributed by atoms with E-state index >= 15 is 0 Å². The van der Waals surface area contributed by atoms with Gasteiger partial charge in [-0.05, 0) is 11.8 Å². The van der Waals surface area contributed by atoms with Crippen molar-refractivity contribution < 1.29 is 47.0 Å². The molecule has 0 amide bonds. The number of aromatic amines is 1. The van der Waals surface area contributed by atoms with Crippen LogP contribution in [0.15, 0.2) is 17.4 Å². The number of thioether (sulfide) groups is 1. The number of nitrogens with zero attached hydrogens (tertiary/aromatic N) is 8. The van der Waals surface area contributed by atoms with Crippen molar-refractivity contribution in [3.05, 3.63) is 23.0 Å². The third-order valence-electron chi connectivity index (χ3n) is 7.77. The standard InChI is InChI=1S/C21H27N11O11P2S2/c1-38-44(35,36)40-3-9-12(33)13(19(47-9)31-7-26-11-16(31)27-20(23)28-17(11)34)43-45(37,46)41-5-21-2-8(39-4-21)18(42-21)32-15-10(29-30-32)14(22)24-6-25-15/h6-9,12-13,18-19,33H,2-5H2,1H3,(H,35,36)(H,37,46)(H2,22,24,25)(H3,23,27,28,34)/t8-,9-,12-,13-,18-,19-,21-,45?/m1/s1. The summed E-state index contributed by atoms with van der Waals surface area (Å²) in [5, 5.41) is 17.6. The molecule has 7 heterocycles. The molecule has 22 nitrogen and oxygen atoms in total. The Bertz CT molecular complexity index is 2000. The summed E-state index contributed by atoms with van der Waals surface area (Å²) >= 11 is 6.39. The summed E-state index contributed by atoms with van der Waals surface area (Å²) < 4.78 is 48.1. The van der Waals surface area contributed by atoms with Gasteiger partial charge in [0.25, 0.3) is 5.56 Å². The van der Waals surface area contributed by atoms with Gasteiger partial charge >= 0.3 is 14.5 Å². The summed E-state index contributed by atoms with van der Waals surface area (Å²) in [7, 11) is -3.42. The topological polar surface area (TPSA) is 305 Å². The molecule has 4 aromatic rings. The van der Waals surface area contributed by atoms with Crippen LogP contribution in [0.4, 0.5) is 11.8 Å². The third kappa shape index (κ3) is 6.07. The molecular weight excluding hydrogens is 708 g/mol. The SMILES string of the molecule is COP(=O)(O)OC[C@H]1S[C@@H](n2cnc3c(=O)[nH]c(N)nc32)[C@H](OP(O)(=S)OC[C@]23CO[C@H](C2)[C@H](n2nnc4c(N)ncnc42)O3)[C@@H]1O. The smallest absolute Gasteiger partial charge is 0.389 e. The largest absolute Gasteiger partial charge is 0.471 e. The van der Waals surface area contributed by atoms with Crippen LogP contribution in [0, 0.1) is 0 Å². The van der Waals surface area contributed by atoms with Gasteiger partial charge in [0.1, 0.15) is 29.5 Å². The second-order valence-electron chi connectivity index (χ2n) is 10.8. The number of nitrogens with two attached hydrogens (primary N) is 2. The van der Waals surface area contributed by atoms with E-state index in [0.717, 1.165) is 18.9 Å². The second kappa shape index (κ2) is 12.0. The fourth-order valence-corrected chi connectivity index (χ4v) is 9.14.